The quantitative estimate of drug-likeness (QED) is 0.598. The second-order valence-electron chi connectivity index (χ2n) is 10.1. The molecule has 0 bridgehead atoms. The van der Waals surface area contributed by atoms with E-state index in [4.69, 9.17) is 16.3 Å². The van der Waals surface area contributed by atoms with E-state index in [0.717, 1.165) is 30.4 Å². The van der Waals surface area contributed by atoms with Crippen molar-refractivity contribution in [3.05, 3.63) is 58.6 Å². The number of benzene rings is 2. The van der Waals surface area contributed by atoms with E-state index in [-0.39, 0.29) is 29.3 Å². The normalized spacial score (nSPS) is 17.4. The van der Waals surface area contributed by atoms with Crippen LogP contribution >= 0.6 is 24.0 Å². The fraction of sp³-hybridized carbons (Fsp3) is 0.520. The van der Waals surface area contributed by atoms with Gasteiger partial charge in [-0.2, -0.15) is 0 Å². The Hall–Kier alpha value is -1.42. The summed E-state index contributed by atoms with van der Waals surface area (Å²) in [5.41, 5.74) is 4.29. The Morgan fingerprint density at radius 3 is 2.07 bits per heavy atom. The van der Waals surface area contributed by atoms with Gasteiger partial charge in [-0.3, -0.25) is 0 Å². The van der Waals surface area contributed by atoms with Crippen LogP contribution in [-0.2, 0) is 10.8 Å². The number of hydrogen-bond donors (Lipinski definition) is 1. The lowest BCUT2D eigenvalue weighted by Gasteiger charge is -2.39. The summed E-state index contributed by atoms with van der Waals surface area (Å²) in [6.07, 6.45) is 0. The van der Waals surface area contributed by atoms with Crippen LogP contribution in [0.5, 0.6) is 5.75 Å². The van der Waals surface area contributed by atoms with Gasteiger partial charge < -0.3 is 15.0 Å². The van der Waals surface area contributed by atoms with Crippen LogP contribution in [0, 0.1) is 0 Å². The molecule has 1 saturated heterocycles. The molecule has 1 unspecified atom stereocenters. The summed E-state index contributed by atoms with van der Waals surface area (Å²) in [5, 5.41) is 4.26. The van der Waals surface area contributed by atoms with Crippen LogP contribution < -0.4 is 15.0 Å². The molecule has 2 aromatic rings. The third-order valence-corrected chi connectivity index (χ3v) is 5.84. The van der Waals surface area contributed by atoms with Crippen molar-refractivity contribution in [3.8, 4) is 5.75 Å². The van der Waals surface area contributed by atoms with Crippen LogP contribution in [0.15, 0.2) is 42.5 Å². The zero-order chi connectivity index (χ0) is 21.2. The highest BCUT2D eigenvalue weighted by Crippen LogP contribution is 2.34. The molecule has 0 spiro atoms. The van der Waals surface area contributed by atoms with Crippen molar-refractivity contribution >= 4 is 29.7 Å². The molecule has 1 aliphatic rings. The van der Waals surface area contributed by atoms with E-state index in [1.165, 1.54) is 16.8 Å². The topological polar surface area (TPSA) is 24.5 Å². The molecule has 3 rings (SSSR count). The van der Waals surface area contributed by atoms with Gasteiger partial charge in [0, 0.05) is 30.3 Å². The molecule has 5 heteroatoms. The Labute approximate surface area is 193 Å². The van der Waals surface area contributed by atoms with Crippen molar-refractivity contribution in [3.63, 3.8) is 0 Å². The molecule has 3 nitrogen and oxygen atoms in total. The van der Waals surface area contributed by atoms with E-state index >= 15 is 0 Å². The number of nitrogens with one attached hydrogen (secondary N) is 1. The molecule has 0 aliphatic carbocycles. The number of halogens is 2. The predicted molar refractivity (Wildman–Crippen MR) is 132 cm³/mol. The van der Waals surface area contributed by atoms with Gasteiger partial charge in [-0.05, 0) is 58.4 Å². The van der Waals surface area contributed by atoms with Crippen LogP contribution in [0.4, 0.5) is 5.69 Å². The molecule has 2 aromatic carbocycles. The summed E-state index contributed by atoms with van der Waals surface area (Å²) in [7, 11) is 0. The fourth-order valence-corrected chi connectivity index (χ4v) is 3.74. The van der Waals surface area contributed by atoms with Crippen molar-refractivity contribution < 1.29 is 4.74 Å². The first-order chi connectivity index (χ1) is 13.5. The van der Waals surface area contributed by atoms with Gasteiger partial charge in [0.25, 0.3) is 0 Å². The van der Waals surface area contributed by atoms with Crippen molar-refractivity contribution in [1.82, 2.24) is 5.32 Å². The SMILES string of the molecule is CC(C)(C)c1cc(N2CCNCC2COc2ccc(Cl)cc2)cc(C(C)(C)C)c1.Cl. The van der Waals surface area contributed by atoms with Gasteiger partial charge in [-0.25, -0.2) is 0 Å². The zero-order valence-electron chi connectivity index (χ0n) is 19.1. The molecule has 30 heavy (non-hydrogen) atoms. The Balaban J connectivity index is 0.00000320. The summed E-state index contributed by atoms with van der Waals surface area (Å²) in [6.45, 7) is 17.3. The highest BCUT2D eigenvalue weighted by molar-refractivity contribution is 6.30. The zero-order valence-corrected chi connectivity index (χ0v) is 20.7. The molecule has 1 N–H and O–H groups in total. The van der Waals surface area contributed by atoms with E-state index < -0.39 is 0 Å². The molecule has 0 amide bonds. The van der Waals surface area contributed by atoms with Crippen LogP contribution in [-0.4, -0.2) is 32.3 Å². The summed E-state index contributed by atoms with van der Waals surface area (Å²) in [5.74, 6) is 0.860. The number of nitrogens with zero attached hydrogens (tertiary/aromatic N) is 1. The summed E-state index contributed by atoms with van der Waals surface area (Å²) in [4.78, 5) is 2.51. The van der Waals surface area contributed by atoms with E-state index in [1.54, 1.807) is 0 Å². The van der Waals surface area contributed by atoms with E-state index in [9.17, 15) is 0 Å². The fourth-order valence-electron chi connectivity index (χ4n) is 3.62. The van der Waals surface area contributed by atoms with Crippen molar-refractivity contribution in [2.45, 2.75) is 58.4 Å². The van der Waals surface area contributed by atoms with E-state index in [1.807, 2.05) is 24.3 Å². The standard InChI is InChI=1S/C25H35ClN2O.ClH/c1-24(2,3)18-13-19(25(4,5)6)15-21(14-18)28-12-11-27-16-22(28)17-29-23-9-7-20(26)8-10-23;/h7-10,13-15,22,27H,11-12,16-17H2,1-6H3;1H. The predicted octanol–water partition coefficient (Wildman–Crippen LogP) is 6.21. The second-order valence-corrected chi connectivity index (χ2v) is 10.5. The highest BCUT2D eigenvalue weighted by Gasteiger charge is 2.27. The lowest BCUT2D eigenvalue weighted by Crippen LogP contribution is -2.54. The Bertz CT molecular complexity index is 790. The number of hydrogen-bond acceptors (Lipinski definition) is 3. The Morgan fingerprint density at radius 2 is 1.53 bits per heavy atom. The van der Waals surface area contributed by atoms with Crippen molar-refractivity contribution in [2.24, 2.45) is 0 Å². The molecular formula is C25H36Cl2N2O. The molecule has 0 saturated carbocycles. The van der Waals surface area contributed by atoms with Gasteiger partial charge in [0.2, 0.25) is 0 Å². The molecule has 0 radical (unpaired) electrons. The first-order valence-corrected chi connectivity index (χ1v) is 10.9. The van der Waals surface area contributed by atoms with Gasteiger partial charge in [0.1, 0.15) is 12.4 Å². The van der Waals surface area contributed by atoms with Gasteiger partial charge in [0.05, 0.1) is 6.04 Å². The molecule has 1 aliphatic heterocycles. The Kier molecular flexibility index (Phi) is 8.12. The molecule has 0 aromatic heterocycles. The summed E-state index contributed by atoms with van der Waals surface area (Å²) in [6, 6.07) is 15.0. The van der Waals surface area contributed by atoms with E-state index in [0.29, 0.717) is 6.61 Å². The first-order valence-electron chi connectivity index (χ1n) is 10.6. The maximum absolute atomic E-state index is 6.11. The maximum Gasteiger partial charge on any atom is 0.119 e. The molecular weight excluding hydrogens is 415 g/mol. The smallest absolute Gasteiger partial charge is 0.119 e. The molecule has 1 fully saturated rings. The van der Waals surface area contributed by atoms with Gasteiger partial charge in [-0.1, -0.05) is 59.2 Å². The lowest BCUT2D eigenvalue weighted by molar-refractivity contribution is 0.267. The minimum Gasteiger partial charge on any atom is -0.491 e. The van der Waals surface area contributed by atoms with Crippen molar-refractivity contribution in [1.29, 1.82) is 0 Å². The minimum atomic E-state index is 0. The number of anilines is 1. The third kappa shape index (κ3) is 6.29. The average molecular weight is 451 g/mol. The van der Waals surface area contributed by atoms with Crippen molar-refractivity contribution in [2.75, 3.05) is 31.1 Å². The maximum atomic E-state index is 6.11. The van der Waals surface area contributed by atoms with Gasteiger partial charge in [-0.15, -0.1) is 12.4 Å². The monoisotopic (exact) mass is 450 g/mol. The largest absolute Gasteiger partial charge is 0.491 e. The number of ether oxygens (including phenoxy) is 1. The first kappa shape index (κ1) is 24.8. The average Bonchev–Trinajstić information content (AvgIpc) is 2.66. The van der Waals surface area contributed by atoms with Gasteiger partial charge >= 0.3 is 0 Å². The van der Waals surface area contributed by atoms with Crippen LogP contribution in [0.3, 0.4) is 0 Å². The second kappa shape index (κ2) is 9.80. The van der Waals surface area contributed by atoms with E-state index in [2.05, 4.69) is 70.0 Å². The van der Waals surface area contributed by atoms with Crippen LogP contribution in [0.25, 0.3) is 0 Å². The molecule has 166 valence electrons. The third-order valence-electron chi connectivity index (χ3n) is 5.59. The van der Waals surface area contributed by atoms with Crippen LogP contribution in [0.2, 0.25) is 5.02 Å². The lowest BCUT2D eigenvalue weighted by atomic mass is 9.80. The molecule has 1 atom stereocenters. The minimum absolute atomic E-state index is 0. The highest BCUT2D eigenvalue weighted by atomic mass is 35.5. The van der Waals surface area contributed by atoms with Crippen LogP contribution in [0.1, 0.15) is 52.7 Å². The number of piperazine rings is 1. The van der Waals surface area contributed by atoms with Gasteiger partial charge in [0.15, 0.2) is 0 Å². The summed E-state index contributed by atoms with van der Waals surface area (Å²) < 4.78 is 6.11. The summed E-state index contributed by atoms with van der Waals surface area (Å²) >= 11 is 5.99. The number of rotatable bonds is 4. The molecule has 1 heterocycles. The Morgan fingerprint density at radius 1 is 0.967 bits per heavy atom.